The van der Waals surface area contributed by atoms with Gasteiger partial charge in [-0.2, -0.15) is 0 Å². The van der Waals surface area contributed by atoms with Gasteiger partial charge >= 0.3 is 0 Å². The van der Waals surface area contributed by atoms with Crippen molar-refractivity contribution >= 4 is 39.1 Å². The van der Waals surface area contributed by atoms with Crippen LogP contribution in [0.5, 0.6) is 5.75 Å². The maximum atomic E-state index is 6.16. The van der Waals surface area contributed by atoms with Crippen molar-refractivity contribution in [2.75, 3.05) is 7.11 Å². The third-order valence-corrected chi connectivity index (χ3v) is 3.99. The Balaban J connectivity index is 2.18. The molecule has 0 aliphatic rings. The second-order valence-electron chi connectivity index (χ2n) is 4.30. The molecule has 0 radical (unpaired) electrons. The number of ether oxygens (including phenoxy) is 1. The standard InChI is InChI=1S/C14H13BrCl2N2O/c1-20-13-3-2-8(4-10(13)15)5-12(18)14-11(17)6-9(16)7-19-14/h2-4,6-7,12H,5,18H2,1H3. The molecule has 1 aromatic carbocycles. The van der Waals surface area contributed by atoms with E-state index < -0.39 is 0 Å². The zero-order chi connectivity index (χ0) is 14.7. The number of halogens is 3. The van der Waals surface area contributed by atoms with Crippen molar-refractivity contribution < 1.29 is 4.74 Å². The number of aromatic nitrogens is 1. The van der Waals surface area contributed by atoms with Crippen LogP contribution in [-0.2, 0) is 6.42 Å². The van der Waals surface area contributed by atoms with Crippen LogP contribution >= 0.6 is 39.1 Å². The van der Waals surface area contributed by atoms with E-state index >= 15 is 0 Å². The zero-order valence-corrected chi connectivity index (χ0v) is 13.8. The second kappa shape index (κ2) is 6.76. The van der Waals surface area contributed by atoms with Gasteiger partial charge in [-0.05, 0) is 46.1 Å². The highest BCUT2D eigenvalue weighted by atomic mass is 79.9. The molecule has 6 heteroatoms. The minimum absolute atomic E-state index is 0.292. The quantitative estimate of drug-likeness (QED) is 0.861. The lowest BCUT2D eigenvalue weighted by Gasteiger charge is -2.14. The summed E-state index contributed by atoms with van der Waals surface area (Å²) in [6.45, 7) is 0. The van der Waals surface area contributed by atoms with Gasteiger partial charge in [-0.3, -0.25) is 4.98 Å². The van der Waals surface area contributed by atoms with Gasteiger partial charge in [0.25, 0.3) is 0 Å². The van der Waals surface area contributed by atoms with E-state index in [2.05, 4.69) is 20.9 Å². The molecule has 106 valence electrons. The van der Waals surface area contributed by atoms with Crippen LogP contribution in [0.1, 0.15) is 17.3 Å². The average molecular weight is 376 g/mol. The number of pyridine rings is 1. The van der Waals surface area contributed by atoms with Crippen LogP contribution < -0.4 is 10.5 Å². The number of nitrogens with zero attached hydrogens (tertiary/aromatic N) is 1. The van der Waals surface area contributed by atoms with Gasteiger partial charge in [-0.25, -0.2) is 0 Å². The Labute approximate surface area is 136 Å². The highest BCUT2D eigenvalue weighted by Gasteiger charge is 2.14. The predicted octanol–water partition coefficient (Wildman–Crippen LogP) is 4.40. The molecule has 0 spiro atoms. The number of hydrogen-bond acceptors (Lipinski definition) is 3. The van der Waals surface area contributed by atoms with E-state index in [-0.39, 0.29) is 6.04 Å². The highest BCUT2D eigenvalue weighted by Crippen LogP contribution is 2.29. The fourth-order valence-electron chi connectivity index (χ4n) is 1.89. The SMILES string of the molecule is COc1ccc(CC(N)c2ncc(Cl)cc2Cl)cc1Br. The molecule has 1 unspecified atom stereocenters. The van der Waals surface area contributed by atoms with E-state index in [0.29, 0.717) is 22.2 Å². The lowest BCUT2D eigenvalue weighted by Crippen LogP contribution is -2.15. The van der Waals surface area contributed by atoms with Gasteiger partial charge in [0, 0.05) is 6.20 Å². The van der Waals surface area contributed by atoms with E-state index in [1.165, 1.54) is 0 Å². The first kappa shape index (κ1) is 15.6. The van der Waals surface area contributed by atoms with Crippen LogP contribution in [-0.4, -0.2) is 12.1 Å². The van der Waals surface area contributed by atoms with Crippen molar-refractivity contribution in [3.63, 3.8) is 0 Å². The molecule has 2 N–H and O–H groups in total. The van der Waals surface area contributed by atoms with Crippen LogP contribution in [0.4, 0.5) is 0 Å². The van der Waals surface area contributed by atoms with Crippen molar-refractivity contribution in [3.8, 4) is 5.75 Å². The summed E-state index contributed by atoms with van der Waals surface area (Å²) in [5.41, 5.74) is 7.87. The van der Waals surface area contributed by atoms with Crippen molar-refractivity contribution in [3.05, 3.63) is 56.2 Å². The number of nitrogens with two attached hydrogens (primary N) is 1. The number of benzene rings is 1. The average Bonchev–Trinajstić information content (AvgIpc) is 2.38. The maximum absolute atomic E-state index is 6.16. The van der Waals surface area contributed by atoms with Crippen molar-refractivity contribution in [2.45, 2.75) is 12.5 Å². The molecular weight excluding hydrogens is 363 g/mol. The fraction of sp³-hybridized carbons (Fsp3) is 0.214. The maximum Gasteiger partial charge on any atom is 0.133 e. The first-order valence-corrected chi connectivity index (χ1v) is 7.45. The number of hydrogen-bond donors (Lipinski definition) is 1. The molecule has 0 fully saturated rings. The van der Waals surface area contributed by atoms with Crippen LogP contribution in [0.3, 0.4) is 0 Å². The van der Waals surface area contributed by atoms with Gasteiger partial charge in [-0.15, -0.1) is 0 Å². The molecule has 3 nitrogen and oxygen atoms in total. The Kier molecular flexibility index (Phi) is 5.27. The van der Waals surface area contributed by atoms with Crippen molar-refractivity contribution in [2.24, 2.45) is 5.73 Å². The van der Waals surface area contributed by atoms with Gasteiger partial charge in [-0.1, -0.05) is 29.3 Å². The van der Waals surface area contributed by atoms with Gasteiger partial charge < -0.3 is 10.5 Å². The third-order valence-electron chi connectivity index (χ3n) is 2.86. The van der Waals surface area contributed by atoms with Gasteiger partial charge in [0.2, 0.25) is 0 Å². The van der Waals surface area contributed by atoms with Crippen LogP contribution in [0.15, 0.2) is 34.9 Å². The minimum Gasteiger partial charge on any atom is -0.496 e. The molecule has 0 amide bonds. The Morgan fingerprint density at radius 1 is 1.35 bits per heavy atom. The Hall–Kier alpha value is -0.810. The third kappa shape index (κ3) is 3.64. The predicted molar refractivity (Wildman–Crippen MR) is 85.6 cm³/mol. The van der Waals surface area contributed by atoms with Crippen LogP contribution in [0.25, 0.3) is 0 Å². The highest BCUT2D eigenvalue weighted by molar-refractivity contribution is 9.10. The van der Waals surface area contributed by atoms with E-state index in [1.54, 1.807) is 19.4 Å². The van der Waals surface area contributed by atoms with E-state index in [9.17, 15) is 0 Å². The summed E-state index contributed by atoms with van der Waals surface area (Å²) in [5.74, 6) is 0.782. The van der Waals surface area contributed by atoms with Crippen molar-refractivity contribution in [1.82, 2.24) is 4.98 Å². The Morgan fingerprint density at radius 3 is 2.70 bits per heavy atom. The Bertz CT molecular complexity index is 622. The number of methoxy groups -OCH3 is 1. The monoisotopic (exact) mass is 374 g/mol. The van der Waals surface area contributed by atoms with Crippen LogP contribution in [0, 0.1) is 0 Å². The molecule has 20 heavy (non-hydrogen) atoms. The summed E-state index contributed by atoms with van der Waals surface area (Å²) in [7, 11) is 1.63. The second-order valence-corrected chi connectivity index (χ2v) is 6.00. The number of rotatable bonds is 4. The van der Waals surface area contributed by atoms with Gasteiger partial charge in [0.1, 0.15) is 5.75 Å². The molecule has 0 saturated heterocycles. The molecule has 0 saturated carbocycles. The van der Waals surface area contributed by atoms with Crippen LogP contribution in [0.2, 0.25) is 10.0 Å². The smallest absolute Gasteiger partial charge is 0.133 e. The lowest BCUT2D eigenvalue weighted by atomic mass is 10.0. The molecule has 1 heterocycles. The summed E-state index contributed by atoms with van der Waals surface area (Å²) < 4.78 is 6.08. The summed E-state index contributed by atoms with van der Waals surface area (Å²) in [6, 6.07) is 7.19. The minimum atomic E-state index is -0.292. The molecule has 1 atom stereocenters. The first-order chi connectivity index (χ1) is 9.51. The summed E-state index contributed by atoms with van der Waals surface area (Å²) in [4.78, 5) is 4.20. The Morgan fingerprint density at radius 2 is 2.10 bits per heavy atom. The van der Waals surface area contributed by atoms with E-state index in [1.807, 2.05) is 18.2 Å². The molecule has 0 aliphatic heterocycles. The van der Waals surface area contributed by atoms with Gasteiger partial charge in [0.05, 0.1) is 33.4 Å². The molecule has 2 rings (SSSR count). The molecule has 2 aromatic rings. The van der Waals surface area contributed by atoms with E-state index in [4.69, 9.17) is 33.7 Å². The molecule has 1 aromatic heterocycles. The summed E-state index contributed by atoms with van der Waals surface area (Å²) in [5, 5.41) is 0.982. The largest absolute Gasteiger partial charge is 0.496 e. The molecule has 0 bridgehead atoms. The summed E-state index contributed by atoms with van der Waals surface area (Å²) in [6.07, 6.45) is 2.17. The van der Waals surface area contributed by atoms with Gasteiger partial charge in [0.15, 0.2) is 0 Å². The normalized spacial score (nSPS) is 12.2. The topological polar surface area (TPSA) is 48.1 Å². The van der Waals surface area contributed by atoms with E-state index in [0.717, 1.165) is 15.8 Å². The van der Waals surface area contributed by atoms with Crippen molar-refractivity contribution in [1.29, 1.82) is 0 Å². The molecular formula is C14H13BrCl2N2O. The summed E-state index contributed by atoms with van der Waals surface area (Å²) >= 11 is 15.4. The molecule has 0 aliphatic carbocycles. The first-order valence-electron chi connectivity index (χ1n) is 5.90. The lowest BCUT2D eigenvalue weighted by molar-refractivity contribution is 0.412. The zero-order valence-electron chi connectivity index (χ0n) is 10.7. The fourth-order valence-corrected chi connectivity index (χ4v) is 2.99.